The van der Waals surface area contributed by atoms with Gasteiger partial charge in [-0.25, -0.2) is 4.98 Å². The molecule has 0 aliphatic carbocycles. The number of hydrogen-bond acceptors (Lipinski definition) is 4. The summed E-state index contributed by atoms with van der Waals surface area (Å²) >= 11 is 0. The van der Waals surface area contributed by atoms with Crippen LogP contribution in [0.5, 0.6) is 0 Å². The lowest BCUT2D eigenvalue weighted by Gasteiger charge is -2.34. The zero-order chi connectivity index (χ0) is 19.4. The third-order valence-corrected chi connectivity index (χ3v) is 5.07. The van der Waals surface area contributed by atoms with Gasteiger partial charge in [-0.3, -0.25) is 9.59 Å². The van der Waals surface area contributed by atoms with Crippen LogP contribution in [0.15, 0.2) is 18.3 Å². The van der Waals surface area contributed by atoms with Crippen molar-refractivity contribution in [1.29, 1.82) is 0 Å². The fourth-order valence-electron chi connectivity index (χ4n) is 3.55. The second-order valence-electron chi connectivity index (χ2n) is 7.07. The summed E-state index contributed by atoms with van der Waals surface area (Å²) in [6.45, 7) is 1.70. The Hall–Kier alpha value is -2.32. The van der Waals surface area contributed by atoms with Gasteiger partial charge in [-0.1, -0.05) is 0 Å². The molecule has 1 aromatic heterocycles. The molecule has 2 saturated heterocycles. The third-order valence-electron chi connectivity index (χ3n) is 5.07. The molecule has 2 fully saturated rings. The summed E-state index contributed by atoms with van der Waals surface area (Å²) in [4.78, 5) is 29.8. The van der Waals surface area contributed by atoms with E-state index in [1.807, 2.05) is 4.90 Å². The third kappa shape index (κ3) is 5.11. The highest BCUT2D eigenvalue weighted by Crippen LogP contribution is 2.29. The first-order valence-corrected chi connectivity index (χ1v) is 9.18. The molecule has 2 aliphatic rings. The van der Waals surface area contributed by atoms with Gasteiger partial charge in [-0.05, 0) is 37.8 Å². The number of aromatic nitrogens is 1. The van der Waals surface area contributed by atoms with Crippen molar-refractivity contribution in [1.82, 2.24) is 15.6 Å². The Kier molecular flexibility index (Phi) is 5.86. The van der Waals surface area contributed by atoms with E-state index in [0.29, 0.717) is 44.7 Å². The monoisotopic (exact) mass is 384 g/mol. The van der Waals surface area contributed by atoms with Crippen LogP contribution in [0.25, 0.3) is 0 Å². The van der Waals surface area contributed by atoms with Crippen LogP contribution in [0.4, 0.5) is 19.0 Å². The van der Waals surface area contributed by atoms with Crippen molar-refractivity contribution in [2.45, 2.75) is 44.3 Å². The first kappa shape index (κ1) is 19.4. The molecule has 9 heteroatoms. The van der Waals surface area contributed by atoms with E-state index >= 15 is 0 Å². The number of piperidine rings is 1. The smallest absolute Gasteiger partial charge is 0.356 e. The Morgan fingerprint density at radius 2 is 2.07 bits per heavy atom. The molecular formula is C18H23F3N4O2. The Labute approximate surface area is 155 Å². The minimum atomic E-state index is -4.40. The maximum Gasteiger partial charge on any atom is 0.417 e. The molecule has 1 aromatic rings. The van der Waals surface area contributed by atoms with Crippen molar-refractivity contribution in [2.24, 2.45) is 5.92 Å². The number of hydrogen-bond donors (Lipinski definition) is 2. The van der Waals surface area contributed by atoms with Gasteiger partial charge in [0.2, 0.25) is 11.8 Å². The summed E-state index contributed by atoms with van der Waals surface area (Å²) < 4.78 is 38.0. The van der Waals surface area contributed by atoms with Crippen LogP contribution in [0.1, 0.15) is 37.7 Å². The summed E-state index contributed by atoms with van der Waals surface area (Å²) in [5.74, 6) is 0.205. The highest BCUT2D eigenvalue weighted by Gasteiger charge is 2.31. The molecule has 148 valence electrons. The number of pyridine rings is 1. The fraction of sp³-hybridized carbons (Fsp3) is 0.611. The molecule has 0 aromatic carbocycles. The number of rotatable bonds is 3. The molecule has 0 bridgehead atoms. The van der Waals surface area contributed by atoms with E-state index in [-0.39, 0.29) is 23.8 Å². The fourth-order valence-corrected chi connectivity index (χ4v) is 3.55. The average Bonchev–Trinajstić information content (AvgIpc) is 2.86. The van der Waals surface area contributed by atoms with Crippen LogP contribution >= 0.6 is 0 Å². The molecule has 2 aliphatic heterocycles. The Morgan fingerprint density at radius 3 is 2.78 bits per heavy atom. The van der Waals surface area contributed by atoms with Gasteiger partial charge >= 0.3 is 6.18 Å². The number of nitrogens with one attached hydrogen (secondary N) is 2. The van der Waals surface area contributed by atoms with E-state index < -0.39 is 11.7 Å². The molecular weight excluding hydrogens is 361 g/mol. The SMILES string of the molecule is O=C1CCC(C(=O)N[C@H]2CCCN(c3ccc(C(F)(F)F)cn3)C2)CCN1. The van der Waals surface area contributed by atoms with Crippen molar-refractivity contribution in [3.63, 3.8) is 0 Å². The number of anilines is 1. The topological polar surface area (TPSA) is 74.3 Å². The van der Waals surface area contributed by atoms with E-state index in [2.05, 4.69) is 15.6 Å². The molecule has 6 nitrogen and oxygen atoms in total. The summed E-state index contributed by atoms with van der Waals surface area (Å²) in [6, 6.07) is 2.32. The first-order chi connectivity index (χ1) is 12.8. The molecule has 2 atom stereocenters. The quantitative estimate of drug-likeness (QED) is 0.837. The molecule has 3 heterocycles. The lowest BCUT2D eigenvalue weighted by atomic mass is 9.98. The molecule has 2 amide bonds. The summed E-state index contributed by atoms with van der Waals surface area (Å²) in [5.41, 5.74) is -0.773. The Morgan fingerprint density at radius 1 is 1.26 bits per heavy atom. The number of carbonyl (C=O) groups excluding carboxylic acids is 2. The number of carbonyl (C=O) groups is 2. The maximum atomic E-state index is 12.7. The minimum Gasteiger partial charge on any atom is -0.356 e. The van der Waals surface area contributed by atoms with Crippen molar-refractivity contribution in [2.75, 3.05) is 24.5 Å². The van der Waals surface area contributed by atoms with Crippen molar-refractivity contribution >= 4 is 17.6 Å². The van der Waals surface area contributed by atoms with E-state index in [4.69, 9.17) is 0 Å². The van der Waals surface area contributed by atoms with Crippen molar-refractivity contribution in [3.05, 3.63) is 23.9 Å². The van der Waals surface area contributed by atoms with Crippen LogP contribution in [0.2, 0.25) is 0 Å². The highest BCUT2D eigenvalue weighted by molar-refractivity contribution is 5.81. The molecule has 0 spiro atoms. The van der Waals surface area contributed by atoms with Gasteiger partial charge in [0.15, 0.2) is 0 Å². The van der Waals surface area contributed by atoms with Gasteiger partial charge in [0, 0.05) is 44.2 Å². The largest absolute Gasteiger partial charge is 0.417 e. The van der Waals surface area contributed by atoms with E-state index in [1.165, 1.54) is 6.07 Å². The van der Waals surface area contributed by atoms with E-state index in [9.17, 15) is 22.8 Å². The Bertz CT molecular complexity index is 678. The molecule has 2 N–H and O–H groups in total. The van der Waals surface area contributed by atoms with E-state index in [1.54, 1.807) is 0 Å². The number of halogens is 3. The minimum absolute atomic E-state index is 0.0254. The van der Waals surface area contributed by atoms with Crippen LogP contribution in [-0.4, -0.2) is 42.5 Å². The maximum absolute atomic E-state index is 12.7. The highest BCUT2D eigenvalue weighted by atomic mass is 19.4. The normalized spacial score (nSPS) is 24.1. The van der Waals surface area contributed by atoms with Gasteiger partial charge in [0.1, 0.15) is 5.82 Å². The standard InChI is InChI=1S/C18H23F3N4O2/c19-18(20,21)13-4-5-15(23-10-13)25-9-1-2-14(11-25)24-17(27)12-3-6-16(26)22-8-7-12/h4-5,10,12,14H,1-3,6-9,11H2,(H,22,26)(H,24,27)/t12?,14-/m0/s1. The van der Waals surface area contributed by atoms with Crippen LogP contribution in [-0.2, 0) is 15.8 Å². The molecule has 1 unspecified atom stereocenters. The Balaban J connectivity index is 1.57. The van der Waals surface area contributed by atoms with Crippen LogP contribution < -0.4 is 15.5 Å². The van der Waals surface area contributed by atoms with Gasteiger partial charge < -0.3 is 15.5 Å². The van der Waals surface area contributed by atoms with E-state index in [0.717, 1.165) is 25.1 Å². The van der Waals surface area contributed by atoms with Crippen LogP contribution in [0.3, 0.4) is 0 Å². The first-order valence-electron chi connectivity index (χ1n) is 9.18. The van der Waals surface area contributed by atoms with Crippen LogP contribution in [0, 0.1) is 5.92 Å². The van der Waals surface area contributed by atoms with Gasteiger partial charge in [-0.15, -0.1) is 0 Å². The van der Waals surface area contributed by atoms with Crippen molar-refractivity contribution in [3.8, 4) is 0 Å². The zero-order valence-corrected chi connectivity index (χ0v) is 14.9. The number of nitrogens with zero attached hydrogens (tertiary/aromatic N) is 2. The summed E-state index contributed by atoms with van der Waals surface area (Å²) in [7, 11) is 0. The van der Waals surface area contributed by atoms with Gasteiger partial charge in [-0.2, -0.15) is 13.2 Å². The number of amides is 2. The summed E-state index contributed by atoms with van der Waals surface area (Å²) in [6.07, 6.45) is -0.426. The second kappa shape index (κ2) is 8.14. The lowest BCUT2D eigenvalue weighted by molar-refractivity contribution is -0.137. The lowest BCUT2D eigenvalue weighted by Crippen LogP contribution is -2.49. The van der Waals surface area contributed by atoms with Crippen molar-refractivity contribution < 1.29 is 22.8 Å². The summed E-state index contributed by atoms with van der Waals surface area (Å²) in [5, 5.41) is 5.80. The predicted octanol–water partition coefficient (Wildman–Crippen LogP) is 2.10. The number of alkyl halides is 3. The second-order valence-corrected chi connectivity index (χ2v) is 7.07. The zero-order valence-electron chi connectivity index (χ0n) is 14.9. The van der Waals surface area contributed by atoms with Gasteiger partial charge in [0.05, 0.1) is 5.56 Å². The molecule has 0 saturated carbocycles. The predicted molar refractivity (Wildman–Crippen MR) is 93.0 cm³/mol. The molecule has 0 radical (unpaired) electrons. The molecule has 3 rings (SSSR count). The van der Waals surface area contributed by atoms with Gasteiger partial charge in [0.25, 0.3) is 0 Å². The average molecular weight is 384 g/mol. The molecule has 27 heavy (non-hydrogen) atoms.